The predicted octanol–water partition coefficient (Wildman–Crippen LogP) is 1.28. The van der Waals surface area contributed by atoms with Crippen molar-refractivity contribution in [2.75, 3.05) is 26.0 Å². The van der Waals surface area contributed by atoms with Crippen molar-refractivity contribution in [2.45, 2.75) is 32.2 Å². The van der Waals surface area contributed by atoms with Crippen molar-refractivity contribution >= 4 is 21.8 Å². The van der Waals surface area contributed by atoms with Crippen LogP contribution in [0, 0.1) is 0 Å². The van der Waals surface area contributed by atoms with Gasteiger partial charge in [-0.3, -0.25) is 0 Å². The van der Waals surface area contributed by atoms with Crippen LogP contribution >= 0.6 is 11.6 Å². The van der Waals surface area contributed by atoms with E-state index < -0.39 is 10.2 Å². The predicted molar refractivity (Wildman–Crippen MR) is 62.3 cm³/mol. The van der Waals surface area contributed by atoms with E-state index in [2.05, 4.69) is 0 Å². The van der Waals surface area contributed by atoms with Gasteiger partial charge in [-0.1, -0.05) is 13.3 Å². The molecular weight excluding hydrogens is 236 g/mol. The smallest absolute Gasteiger partial charge is 0.195 e. The number of piperidine rings is 1. The van der Waals surface area contributed by atoms with Crippen molar-refractivity contribution in [3.63, 3.8) is 0 Å². The average molecular weight is 255 g/mol. The maximum atomic E-state index is 12.1. The minimum atomic E-state index is -3.29. The van der Waals surface area contributed by atoms with Crippen LogP contribution in [0.1, 0.15) is 26.2 Å². The fourth-order valence-electron chi connectivity index (χ4n) is 1.77. The summed E-state index contributed by atoms with van der Waals surface area (Å²) < 4.78 is 27.1. The van der Waals surface area contributed by atoms with E-state index in [4.69, 9.17) is 11.6 Å². The van der Waals surface area contributed by atoms with Gasteiger partial charge in [-0.15, -0.1) is 11.6 Å². The standard InChI is InChI=1S/C9H19ClN2O2S/c1-3-11(2)15(13,14)12-7-5-4-6-9(12)8-10/h9H,3-8H2,1-2H3. The first kappa shape index (κ1) is 13.2. The first-order valence-corrected chi connectivity index (χ1v) is 7.26. The number of hydrogen-bond acceptors (Lipinski definition) is 2. The summed E-state index contributed by atoms with van der Waals surface area (Å²) >= 11 is 5.80. The molecule has 1 aliphatic heterocycles. The van der Waals surface area contributed by atoms with Crippen LogP contribution < -0.4 is 0 Å². The molecule has 90 valence electrons. The maximum Gasteiger partial charge on any atom is 0.282 e. The first-order valence-electron chi connectivity index (χ1n) is 5.33. The third-order valence-electron chi connectivity index (χ3n) is 2.89. The zero-order chi connectivity index (χ0) is 11.5. The quantitative estimate of drug-likeness (QED) is 0.709. The maximum absolute atomic E-state index is 12.1. The van der Waals surface area contributed by atoms with Gasteiger partial charge in [0, 0.05) is 32.1 Å². The molecule has 1 atom stereocenters. The molecule has 1 heterocycles. The van der Waals surface area contributed by atoms with Gasteiger partial charge in [-0.2, -0.15) is 17.0 Å². The summed E-state index contributed by atoms with van der Waals surface area (Å²) in [5, 5.41) is 0. The molecule has 1 rings (SSSR count). The molecule has 0 aromatic rings. The van der Waals surface area contributed by atoms with Gasteiger partial charge in [0.05, 0.1) is 0 Å². The molecule has 0 bridgehead atoms. The minimum Gasteiger partial charge on any atom is -0.195 e. The van der Waals surface area contributed by atoms with E-state index >= 15 is 0 Å². The van der Waals surface area contributed by atoms with Crippen LogP contribution in [0.15, 0.2) is 0 Å². The molecule has 1 fully saturated rings. The van der Waals surface area contributed by atoms with E-state index in [0.717, 1.165) is 19.3 Å². The Balaban J connectivity index is 2.83. The van der Waals surface area contributed by atoms with Crippen LogP contribution in [0.2, 0.25) is 0 Å². The van der Waals surface area contributed by atoms with Crippen molar-refractivity contribution in [3.8, 4) is 0 Å². The number of alkyl halides is 1. The molecule has 0 spiro atoms. The number of halogens is 1. The zero-order valence-corrected chi connectivity index (χ0v) is 10.9. The number of rotatable bonds is 4. The second-order valence-corrected chi connectivity index (χ2v) is 6.13. The SMILES string of the molecule is CCN(C)S(=O)(=O)N1CCCCC1CCl. The summed E-state index contributed by atoms with van der Waals surface area (Å²) in [6, 6.07) is -0.0283. The van der Waals surface area contributed by atoms with E-state index in [-0.39, 0.29) is 6.04 Å². The van der Waals surface area contributed by atoms with Crippen molar-refractivity contribution in [1.29, 1.82) is 0 Å². The average Bonchev–Trinajstić information content (AvgIpc) is 2.27. The Morgan fingerprint density at radius 2 is 2.13 bits per heavy atom. The fraction of sp³-hybridized carbons (Fsp3) is 1.00. The minimum absolute atomic E-state index is 0.0283. The second-order valence-electron chi connectivity index (χ2n) is 3.84. The van der Waals surface area contributed by atoms with Gasteiger partial charge in [0.25, 0.3) is 10.2 Å². The van der Waals surface area contributed by atoms with Crippen molar-refractivity contribution in [1.82, 2.24) is 8.61 Å². The van der Waals surface area contributed by atoms with E-state index in [1.807, 2.05) is 6.92 Å². The molecule has 4 nitrogen and oxygen atoms in total. The lowest BCUT2D eigenvalue weighted by Crippen LogP contribution is -2.50. The Morgan fingerprint density at radius 3 is 2.67 bits per heavy atom. The molecule has 0 radical (unpaired) electrons. The fourth-order valence-corrected chi connectivity index (χ4v) is 3.78. The van der Waals surface area contributed by atoms with Gasteiger partial charge in [0.15, 0.2) is 0 Å². The molecule has 0 N–H and O–H groups in total. The number of hydrogen-bond donors (Lipinski definition) is 0. The summed E-state index contributed by atoms with van der Waals surface area (Å²) in [6.45, 7) is 2.93. The highest BCUT2D eigenvalue weighted by molar-refractivity contribution is 7.86. The lowest BCUT2D eigenvalue weighted by Gasteiger charge is -2.35. The van der Waals surface area contributed by atoms with Crippen LogP contribution in [-0.2, 0) is 10.2 Å². The normalized spacial score (nSPS) is 24.7. The van der Waals surface area contributed by atoms with E-state index in [1.165, 1.54) is 4.31 Å². The molecule has 6 heteroatoms. The number of nitrogens with zero attached hydrogens (tertiary/aromatic N) is 2. The third-order valence-corrected chi connectivity index (χ3v) is 5.36. The second kappa shape index (κ2) is 5.48. The zero-order valence-electron chi connectivity index (χ0n) is 9.32. The van der Waals surface area contributed by atoms with Crippen LogP contribution in [0.25, 0.3) is 0 Å². The molecule has 0 saturated carbocycles. The van der Waals surface area contributed by atoms with Crippen LogP contribution in [0.3, 0.4) is 0 Å². The monoisotopic (exact) mass is 254 g/mol. The Hall–Kier alpha value is 0.160. The molecule has 1 aliphatic rings. The van der Waals surface area contributed by atoms with Crippen LogP contribution in [0.5, 0.6) is 0 Å². The van der Waals surface area contributed by atoms with Crippen molar-refractivity contribution < 1.29 is 8.42 Å². The molecule has 1 saturated heterocycles. The topological polar surface area (TPSA) is 40.6 Å². The highest BCUT2D eigenvalue weighted by atomic mass is 35.5. The summed E-state index contributed by atoms with van der Waals surface area (Å²) in [7, 11) is -1.68. The van der Waals surface area contributed by atoms with Crippen molar-refractivity contribution in [3.05, 3.63) is 0 Å². The van der Waals surface area contributed by atoms with Gasteiger partial charge in [-0.05, 0) is 12.8 Å². The van der Waals surface area contributed by atoms with Gasteiger partial charge in [0.2, 0.25) is 0 Å². The van der Waals surface area contributed by atoms with E-state index in [9.17, 15) is 8.42 Å². The van der Waals surface area contributed by atoms with Crippen LogP contribution in [-0.4, -0.2) is 49.1 Å². The van der Waals surface area contributed by atoms with Gasteiger partial charge in [0.1, 0.15) is 0 Å². The summed E-state index contributed by atoms with van der Waals surface area (Å²) in [5.41, 5.74) is 0. The van der Waals surface area contributed by atoms with Gasteiger partial charge >= 0.3 is 0 Å². The van der Waals surface area contributed by atoms with E-state index in [0.29, 0.717) is 19.0 Å². The summed E-state index contributed by atoms with van der Waals surface area (Å²) in [4.78, 5) is 0. The molecular formula is C9H19ClN2O2S. The molecule has 0 aromatic carbocycles. The Labute approximate surface area is 97.4 Å². The molecule has 0 aliphatic carbocycles. The van der Waals surface area contributed by atoms with Gasteiger partial charge < -0.3 is 0 Å². The van der Waals surface area contributed by atoms with Gasteiger partial charge in [-0.25, -0.2) is 0 Å². The first-order chi connectivity index (χ1) is 7.04. The lowest BCUT2D eigenvalue weighted by atomic mass is 10.1. The Bertz CT molecular complexity index is 294. The molecule has 1 unspecified atom stereocenters. The molecule has 15 heavy (non-hydrogen) atoms. The molecule has 0 aromatic heterocycles. The largest absolute Gasteiger partial charge is 0.282 e. The van der Waals surface area contributed by atoms with E-state index in [1.54, 1.807) is 11.4 Å². The lowest BCUT2D eigenvalue weighted by molar-refractivity contribution is 0.254. The summed E-state index contributed by atoms with van der Waals surface area (Å²) in [5.74, 6) is 0.386. The third kappa shape index (κ3) is 2.84. The Kier molecular flexibility index (Phi) is 4.83. The highest BCUT2D eigenvalue weighted by Gasteiger charge is 2.33. The molecule has 0 amide bonds. The summed E-state index contributed by atoms with van der Waals surface area (Å²) in [6.07, 6.45) is 2.88. The van der Waals surface area contributed by atoms with Crippen molar-refractivity contribution in [2.24, 2.45) is 0 Å². The Morgan fingerprint density at radius 1 is 1.47 bits per heavy atom. The highest BCUT2D eigenvalue weighted by Crippen LogP contribution is 2.22. The van der Waals surface area contributed by atoms with Crippen LogP contribution in [0.4, 0.5) is 0 Å².